The number of hydrogen-bond acceptors (Lipinski definition) is 2. The predicted molar refractivity (Wildman–Crippen MR) is 87.6 cm³/mol. The molecule has 1 heterocycles. The Kier molecular flexibility index (Phi) is 6.66. The van der Waals surface area contributed by atoms with E-state index >= 15 is 0 Å². The second kappa shape index (κ2) is 8.25. The summed E-state index contributed by atoms with van der Waals surface area (Å²) in [6.45, 7) is 6.38. The van der Waals surface area contributed by atoms with Crippen molar-refractivity contribution < 1.29 is 4.79 Å². The van der Waals surface area contributed by atoms with E-state index < -0.39 is 5.91 Å². The summed E-state index contributed by atoms with van der Waals surface area (Å²) in [7, 11) is 0. The summed E-state index contributed by atoms with van der Waals surface area (Å²) in [6.07, 6.45) is 5.54. The van der Waals surface area contributed by atoms with E-state index in [1.165, 1.54) is 31.7 Å². The minimum absolute atomic E-state index is 0.262. The summed E-state index contributed by atoms with van der Waals surface area (Å²) in [5.41, 5.74) is 6.79. The SMILES string of the molecule is CCCCCC.Cc1ccc2[nH]c(=O)cc(C(N)=O)c2c1. The molecule has 0 spiro atoms. The molecule has 0 aliphatic heterocycles. The molecule has 114 valence electrons. The molecule has 4 heteroatoms. The van der Waals surface area contributed by atoms with E-state index in [2.05, 4.69) is 18.8 Å². The minimum atomic E-state index is -0.586. The van der Waals surface area contributed by atoms with Crippen molar-refractivity contribution in [1.82, 2.24) is 4.98 Å². The van der Waals surface area contributed by atoms with Crippen molar-refractivity contribution in [3.63, 3.8) is 0 Å². The second-order valence-corrected chi connectivity index (χ2v) is 5.17. The first-order valence-electron chi connectivity index (χ1n) is 7.43. The number of aromatic amines is 1. The monoisotopic (exact) mass is 288 g/mol. The second-order valence-electron chi connectivity index (χ2n) is 5.17. The molecule has 1 amide bonds. The van der Waals surface area contributed by atoms with Gasteiger partial charge in [0.2, 0.25) is 11.5 Å². The summed E-state index contributed by atoms with van der Waals surface area (Å²) in [6, 6.07) is 6.68. The molecule has 0 saturated carbocycles. The number of pyridine rings is 1. The molecule has 0 unspecified atom stereocenters. The fourth-order valence-corrected chi connectivity index (χ4v) is 2.07. The highest BCUT2D eigenvalue weighted by molar-refractivity contribution is 6.05. The maximum atomic E-state index is 11.2. The van der Waals surface area contributed by atoms with E-state index in [-0.39, 0.29) is 11.1 Å². The van der Waals surface area contributed by atoms with E-state index in [4.69, 9.17) is 5.73 Å². The lowest BCUT2D eigenvalue weighted by Crippen LogP contribution is -2.16. The fourth-order valence-electron chi connectivity index (χ4n) is 2.07. The number of carbonyl (C=O) groups excluding carboxylic acids is 1. The molecule has 1 aromatic carbocycles. The molecule has 2 rings (SSSR count). The highest BCUT2D eigenvalue weighted by Gasteiger charge is 2.08. The van der Waals surface area contributed by atoms with Crippen LogP contribution >= 0.6 is 0 Å². The first kappa shape index (κ1) is 17.0. The summed E-state index contributed by atoms with van der Waals surface area (Å²) in [5, 5.41) is 0.683. The van der Waals surface area contributed by atoms with Gasteiger partial charge in [0, 0.05) is 17.0 Å². The lowest BCUT2D eigenvalue weighted by Gasteiger charge is -2.03. The van der Waals surface area contributed by atoms with Gasteiger partial charge in [0.25, 0.3) is 0 Å². The third-order valence-corrected chi connectivity index (χ3v) is 3.22. The summed E-state index contributed by atoms with van der Waals surface area (Å²) < 4.78 is 0. The topological polar surface area (TPSA) is 75.9 Å². The lowest BCUT2D eigenvalue weighted by molar-refractivity contribution is 0.100. The first-order valence-corrected chi connectivity index (χ1v) is 7.43. The van der Waals surface area contributed by atoms with Crippen LogP contribution in [-0.2, 0) is 0 Å². The molecular formula is C17H24N2O2. The van der Waals surface area contributed by atoms with Crippen LogP contribution in [0, 0.1) is 6.92 Å². The Balaban J connectivity index is 0.000000315. The molecule has 1 aromatic heterocycles. The summed E-state index contributed by atoms with van der Waals surface area (Å²) in [5.74, 6) is -0.586. The van der Waals surface area contributed by atoms with Crippen molar-refractivity contribution >= 4 is 16.8 Å². The Hall–Kier alpha value is -2.10. The van der Waals surface area contributed by atoms with Gasteiger partial charge in [-0.1, -0.05) is 51.2 Å². The predicted octanol–water partition coefficient (Wildman–Crippen LogP) is 3.52. The molecule has 3 N–H and O–H groups in total. The maximum Gasteiger partial charge on any atom is 0.249 e. The van der Waals surface area contributed by atoms with Crippen molar-refractivity contribution in [2.75, 3.05) is 0 Å². The van der Waals surface area contributed by atoms with Crippen LogP contribution in [0.3, 0.4) is 0 Å². The number of H-pyrrole nitrogens is 1. The van der Waals surface area contributed by atoms with Crippen molar-refractivity contribution in [3.05, 3.63) is 45.7 Å². The highest BCUT2D eigenvalue weighted by Crippen LogP contribution is 2.16. The number of unbranched alkanes of at least 4 members (excludes halogenated alkanes) is 3. The molecule has 0 saturated heterocycles. The largest absolute Gasteiger partial charge is 0.366 e. The van der Waals surface area contributed by atoms with Crippen molar-refractivity contribution in [3.8, 4) is 0 Å². The van der Waals surface area contributed by atoms with Crippen LogP contribution in [0.25, 0.3) is 10.9 Å². The quantitative estimate of drug-likeness (QED) is 0.844. The number of aryl methyl sites for hydroxylation is 1. The van der Waals surface area contributed by atoms with Gasteiger partial charge in [-0.3, -0.25) is 9.59 Å². The van der Waals surface area contributed by atoms with E-state index in [0.717, 1.165) is 5.56 Å². The zero-order chi connectivity index (χ0) is 15.8. The Morgan fingerprint density at radius 3 is 2.29 bits per heavy atom. The standard InChI is InChI=1S/C11H10N2O2.C6H14/c1-6-2-3-9-7(4-6)8(11(12)15)5-10(14)13-9;1-3-5-6-4-2/h2-5H,1H3,(H2,12,15)(H,13,14);3-6H2,1-2H3. The van der Waals surface area contributed by atoms with Crippen molar-refractivity contribution in [2.45, 2.75) is 46.5 Å². The van der Waals surface area contributed by atoms with Gasteiger partial charge in [-0.05, 0) is 19.1 Å². The molecule has 0 fully saturated rings. The number of aromatic nitrogens is 1. The van der Waals surface area contributed by atoms with Crippen LogP contribution in [0.1, 0.15) is 55.5 Å². The van der Waals surface area contributed by atoms with Gasteiger partial charge in [0.15, 0.2) is 0 Å². The number of nitrogens with two attached hydrogens (primary N) is 1. The number of primary amides is 1. The number of nitrogens with one attached hydrogen (secondary N) is 1. The number of rotatable bonds is 4. The first-order chi connectivity index (χ1) is 9.99. The van der Waals surface area contributed by atoms with Gasteiger partial charge >= 0.3 is 0 Å². The smallest absolute Gasteiger partial charge is 0.249 e. The summed E-state index contributed by atoms with van der Waals surface area (Å²) >= 11 is 0. The van der Waals surface area contributed by atoms with E-state index in [0.29, 0.717) is 10.9 Å². The Labute approximate surface area is 125 Å². The summed E-state index contributed by atoms with van der Waals surface area (Å²) in [4.78, 5) is 25.0. The highest BCUT2D eigenvalue weighted by atomic mass is 16.1. The molecule has 2 aromatic rings. The van der Waals surface area contributed by atoms with Gasteiger partial charge in [-0.2, -0.15) is 0 Å². The van der Waals surface area contributed by atoms with E-state index in [1.54, 1.807) is 6.07 Å². The third-order valence-electron chi connectivity index (χ3n) is 3.22. The van der Waals surface area contributed by atoms with Crippen molar-refractivity contribution in [2.24, 2.45) is 5.73 Å². The average molecular weight is 288 g/mol. The number of fused-ring (bicyclic) bond motifs is 1. The molecule has 0 bridgehead atoms. The molecule has 0 atom stereocenters. The van der Waals surface area contributed by atoms with Gasteiger partial charge in [0.05, 0.1) is 5.56 Å². The van der Waals surface area contributed by atoms with Gasteiger partial charge in [-0.15, -0.1) is 0 Å². The maximum absolute atomic E-state index is 11.2. The Morgan fingerprint density at radius 1 is 1.14 bits per heavy atom. The zero-order valence-corrected chi connectivity index (χ0v) is 13.0. The van der Waals surface area contributed by atoms with Gasteiger partial charge < -0.3 is 10.7 Å². The van der Waals surface area contributed by atoms with Crippen LogP contribution in [-0.4, -0.2) is 10.9 Å². The number of amides is 1. The third kappa shape index (κ3) is 5.06. The van der Waals surface area contributed by atoms with E-state index in [1.807, 2.05) is 19.1 Å². The fraction of sp³-hybridized carbons (Fsp3) is 0.412. The average Bonchev–Trinajstić information content (AvgIpc) is 2.45. The molecule has 21 heavy (non-hydrogen) atoms. The molecule has 0 aliphatic rings. The lowest BCUT2D eigenvalue weighted by atomic mass is 10.1. The van der Waals surface area contributed by atoms with E-state index in [9.17, 15) is 9.59 Å². The van der Waals surface area contributed by atoms with Crippen molar-refractivity contribution in [1.29, 1.82) is 0 Å². The molecular weight excluding hydrogens is 264 g/mol. The Bertz CT molecular complexity index is 655. The van der Waals surface area contributed by atoms with Gasteiger partial charge in [-0.25, -0.2) is 0 Å². The molecule has 4 nitrogen and oxygen atoms in total. The zero-order valence-electron chi connectivity index (χ0n) is 13.0. The van der Waals surface area contributed by atoms with Crippen LogP contribution in [0.5, 0.6) is 0 Å². The van der Waals surface area contributed by atoms with Crippen LogP contribution in [0.15, 0.2) is 29.1 Å². The van der Waals surface area contributed by atoms with Crippen LogP contribution in [0.4, 0.5) is 0 Å². The van der Waals surface area contributed by atoms with Crippen LogP contribution < -0.4 is 11.3 Å². The Morgan fingerprint density at radius 2 is 1.76 bits per heavy atom. The number of benzene rings is 1. The normalized spacial score (nSPS) is 10.0. The number of carbonyl (C=O) groups is 1. The molecule has 0 radical (unpaired) electrons. The van der Waals surface area contributed by atoms with Crippen LogP contribution in [0.2, 0.25) is 0 Å². The molecule has 0 aliphatic carbocycles. The number of hydrogen-bond donors (Lipinski definition) is 2. The minimum Gasteiger partial charge on any atom is -0.366 e. The van der Waals surface area contributed by atoms with Gasteiger partial charge in [0.1, 0.15) is 0 Å².